The van der Waals surface area contributed by atoms with Crippen LogP contribution in [0, 0.1) is 0 Å². The van der Waals surface area contributed by atoms with E-state index in [2.05, 4.69) is 0 Å². The smallest absolute Gasteiger partial charge is 0.768 e. The summed E-state index contributed by atoms with van der Waals surface area (Å²) < 4.78 is 32.4. The minimum Gasteiger partial charge on any atom is -0.768 e. The number of para-hydroxylation sites is 1. The van der Waals surface area contributed by atoms with Crippen LogP contribution >= 0.6 is 0 Å². The van der Waals surface area contributed by atoms with Gasteiger partial charge in [0.15, 0.2) is 11.5 Å². The van der Waals surface area contributed by atoms with Gasteiger partial charge >= 0.3 is 29.6 Å². The first kappa shape index (κ1) is 13.0. The fourth-order valence-corrected chi connectivity index (χ4v) is 1.80. The topological polar surface area (TPSA) is 58.6 Å². The van der Waals surface area contributed by atoms with Crippen LogP contribution in [0.15, 0.2) is 23.1 Å². The third kappa shape index (κ3) is 2.95. The molecule has 1 heterocycles. The van der Waals surface area contributed by atoms with Crippen LogP contribution in [0.3, 0.4) is 0 Å². The summed E-state index contributed by atoms with van der Waals surface area (Å²) in [6.07, 6.45) is 0.764. The second kappa shape index (κ2) is 5.86. The molecule has 0 fully saturated rings. The van der Waals surface area contributed by atoms with Gasteiger partial charge in [-0.05, 0) is 23.2 Å². The summed E-state index contributed by atoms with van der Waals surface area (Å²) >= 11 is -2.28. The first-order chi connectivity index (χ1) is 6.79. The maximum atomic E-state index is 10.8. The zero-order chi connectivity index (χ0) is 9.97. The maximum Gasteiger partial charge on any atom is 1.00 e. The second-order valence-electron chi connectivity index (χ2n) is 2.87. The molecule has 76 valence electrons. The van der Waals surface area contributed by atoms with E-state index in [1.54, 1.807) is 12.1 Å². The van der Waals surface area contributed by atoms with E-state index < -0.39 is 11.1 Å². The van der Waals surface area contributed by atoms with Gasteiger partial charge in [0, 0.05) is 6.42 Å². The fraction of sp³-hybridized carbons (Fsp3) is 0.333. The van der Waals surface area contributed by atoms with Crippen molar-refractivity contribution in [1.29, 1.82) is 0 Å². The molecule has 0 N–H and O–H groups in total. The summed E-state index contributed by atoms with van der Waals surface area (Å²) in [5, 5.41) is 0. The fourth-order valence-electron chi connectivity index (χ4n) is 1.30. The molecule has 6 heteroatoms. The van der Waals surface area contributed by atoms with Gasteiger partial charge in [0.1, 0.15) is 0 Å². The van der Waals surface area contributed by atoms with E-state index in [0.717, 1.165) is 6.42 Å². The maximum absolute atomic E-state index is 10.8. The van der Waals surface area contributed by atoms with E-state index >= 15 is 0 Å². The third-order valence-corrected chi connectivity index (χ3v) is 2.60. The molecule has 1 aromatic carbocycles. The predicted octanol–water partition coefficient (Wildman–Crippen LogP) is -1.91. The van der Waals surface area contributed by atoms with Crippen molar-refractivity contribution in [3.05, 3.63) is 18.2 Å². The minimum absolute atomic E-state index is 0. The molecular weight excluding hydrogens is 227 g/mol. The van der Waals surface area contributed by atoms with Crippen molar-refractivity contribution < 1.29 is 47.8 Å². The van der Waals surface area contributed by atoms with Crippen LogP contribution < -0.4 is 39.0 Å². The number of fused-ring (bicyclic) bond motifs is 1. The summed E-state index contributed by atoms with van der Waals surface area (Å²) in [6.45, 7) is 1.04. The molecule has 0 saturated carbocycles. The largest absolute Gasteiger partial charge is 1.00 e. The van der Waals surface area contributed by atoms with Crippen LogP contribution in [0.2, 0.25) is 0 Å². The van der Waals surface area contributed by atoms with Crippen LogP contribution in [0.25, 0.3) is 0 Å². The Morgan fingerprint density at radius 2 is 2.00 bits per heavy atom. The molecule has 4 nitrogen and oxygen atoms in total. The molecular formula is C9H9NaO4S. The van der Waals surface area contributed by atoms with Crippen LogP contribution in [0.1, 0.15) is 6.42 Å². The van der Waals surface area contributed by atoms with Crippen LogP contribution in [-0.2, 0) is 11.1 Å². The molecule has 15 heavy (non-hydrogen) atoms. The molecule has 0 saturated heterocycles. The Hall–Kier alpha value is -0.0700. The first-order valence-corrected chi connectivity index (χ1v) is 5.34. The van der Waals surface area contributed by atoms with Gasteiger partial charge in [-0.3, -0.25) is 4.21 Å². The Labute approximate surface area is 113 Å². The van der Waals surface area contributed by atoms with E-state index in [9.17, 15) is 8.76 Å². The molecule has 0 bridgehead atoms. The van der Waals surface area contributed by atoms with Gasteiger partial charge in [-0.15, -0.1) is 0 Å². The van der Waals surface area contributed by atoms with Crippen LogP contribution in [-0.4, -0.2) is 22.0 Å². The molecule has 1 atom stereocenters. The predicted molar refractivity (Wildman–Crippen MR) is 49.2 cm³/mol. The van der Waals surface area contributed by atoms with E-state index in [1.165, 1.54) is 6.07 Å². The number of ether oxygens (including phenoxy) is 2. The Bertz CT molecular complexity index is 369. The quantitative estimate of drug-likeness (QED) is 0.422. The SMILES string of the molecule is O=S([O-])c1cccc2c1OCCCO2.[Na+]. The molecule has 0 aliphatic carbocycles. The summed E-state index contributed by atoms with van der Waals surface area (Å²) in [5.74, 6) is 0.836. The van der Waals surface area contributed by atoms with Crippen LogP contribution in [0.4, 0.5) is 0 Å². The van der Waals surface area contributed by atoms with Gasteiger partial charge in [-0.25, -0.2) is 0 Å². The second-order valence-corrected chi connectivity index (χ2v) is 3.78. The average Bonchev–Trinajstić information content (AvgIpc) is 2.41. The van der Waals surface area contributed by atoms with E-state index in [0.29, 0.717) is 24.7 Å². The Morgan fingerprint density at radius 3 is 2.73 bits per heavy atom. The summed E-state index contributed by atoms with van der Waals surface area (Å²) in [7, 11) is 0. The van der Waals surface area contributed by atoms with Gasteiger partial charge in [-0.1, -0.05) is 6.07 Å². The molecule has 0 radical (unpaired) electrons. The average molecular weight is 236 g/mol. The van der Waals surface area contributed by atoms with Crippen molar-refractivity contribution >= 4 is 11.1 Å². The van der Waals surface area contributed by atoms with E-state index in [1.807, 2.05) is 0 Å². The van der Waals surface area contributed by atoms with Crippen molar-refractivity contribution in [2.24, 2.45) is 0 Å². The molecule has 0 aromatic heterocycles. The van der Waals surface area contributed by atoms with Crippen molar-refractivity contribution in [2.45, 2.75) is 11.3 Å². The number of rotatable bonds is 1. The monoisotopic (exact) mass is 236 g/mol. The molecule has 1 aliphatic rings. The third-order valence-electron chi connectivity index (χ3n) is 1.91. The molecule has 1 aromatic rings. The van der Waals surface area contributed by atoms with Gasteiger partial charge < -0.3 is 14.0 Å². The summed E-state index contributed by atoms with van der Waals surface area (Å²) in [4.78, 5) is 0.157. The van der Waals surface area contributed by atoms with E-state index in [-0.39, 0.29) is 34.5 Å². The summed E-state index contributed by atoms with van der Waals surface area (Å²) in [5.41, 5.74) is 0. The number of hydrogen-bond acceptors (Lipinski definition) is 4. The minimum atomic E-state index is -2.28. The zero-order valence-corrected chi connectivity index (χ0v) is 11.2. The summed E-state index contributed by atoms with van der Waals surface area (Å²) in [6, 6.07) is 4.84. The Morgan fingerprint density at radius 1 is 1.27 bits per heavy atom. The molecule has 0 spiro atoms. The van der Waals surface area contributed by atoms with Crippen LogP contribution in [0.5, 0.6) is 11.5 Å². The molecule has 1 aliphatic heterocycles. The standard InChI is InChI=1S/C9H10O4S.Na/c10-14(11)8-4-1-3-7-9(8)13-6-2-5-12-7;/h1,3-4H,2,5-6H2,(H,10,11);/q;+1/p-1. The molecule has 0 amide bonds. The van der Waals surface area contributed by atoms with E-state index in [4.69, 9.17) is 9.47 Å². The van der Waals surface area contributed by atoms with Crippen molar-refractivity contribution in [3.63, 3.8) is 0 Å². The van der Waals surface area contributed by atoms with Crippen molar-refractivity contribution in [1.82, 2.24) is 0 Å². The van der Waals surface area contributed by atoms with Gasteiger partial charge in [0.05, 0.1) is 18.1 Å². The molecule has 2 rings (SSSR count). The van der Waals surface area contributed by atoms with Crippen molar-refractivity contribution in [3.8, 4) is 11.5 Å². The van der Waals surface area contributed by atoms with Gasteiger partial charge in [-0.2, -0.15) is 0 Å². The first-order valence-electron chi connectivity index (χ1n) is 4.27. The van der Waals surface area contributed by atoms with Gasteiger partial charge in [0.25, 0.3) is 0 Å². The van der Waals surface area contributed by atoms with Gasteiger partial charge in [0.2, 0.25) is 0 Å². The number of benzene rings is 1. The van der Waals surface area contributed by atoms with Crippen molar-refractivity contribution in [2.75, 3.05) is 13.2 Å². The normalized spacial score (nSPS) is 16.1. The Kier molecular flexibility index (Phi) is 5.08. The zero-order valence-electron chi connectivity index (χ0n) is 8.39. The molecule has 1 unspecified atom stereocenters. The number of hydrogen-bond donors (Lipinski definition) is 0. The Balaban J connectivity index is 0.00000112.